The molecular weight excluding hydrogens is 604 g/mol. The third-order valence-electron chi connectivity index (χ3n) is 9.53. The van der Waals surface area contributed by atoms with Crippen LogP contribution in [0.2, 0.25) is 0 Å². The van der Waals surface area contributed by atoms with E-state index < -0.39 is 12.0 Å². The van der Waals surface area contributed by atoms with Crippen LogP contribution in [0.4, 0.5) is 25.1 Å². The van der Waals surface area contributed by atoms with E-state index in [0.717, 1.165) is 59.7 Å². The topological polar surface area (TPSA) is 88.2 Å². The van der Waals surface area contributed by atoms with Crippen LogP contribution in [0, 0.1) is 0 Å². The molecule has 248 valence electrons. The minimum absolute atomic E-state index is 0.00134. The van der Waals surface area contributed by atoms with Gasteiger partial charge in [-0.1, -0.05) is 0 Å². The molecule has 1 fully saturated rings. The number of alkyl halides is 2. The van der Waals surface area contributed by atoms with E-state index in [1.165, 1.54) is 0 Å². The smallest absolute Gasteiger partial charge is 0.410 e. The number of carbonyl (C=O) groups is 2. The average Bonchev–Trinajstić information content (AvgIpc) is 3.67. The maximum absolute atomic E-state index is 14.8. The summed E-state index contributed by atoms with van der Waals surface area (Å²) >= 11 is 0. The minimum atomic E-state index is -2.67. The van der Waals surface area contributed by atoms with Gasteiger partial charge in [-0.25, -0.2) is 18.6 Å². The third kappa shape index (κ3) is 5.94. The first-order chi connectivity index (χ1) is 22.5. The Morgan fingerprint density at radius 2 is 1.81 bits per heavy atom. The first-order valence-electron chi connectivity index (χ1n) is 16.5. The quantitative estimate of drug-likeness (QED) is 0.246. The number of imidazole rings is 1. The van der Waals surface area contributed by atoms with E-state index in [0.29, 0.717) is 50.3 Å². The summed E-state index contributed by atoms with van der Waals surface area (Å²) in [5.41, 5.74) is 5.19. The van der Waals surface area contributed by atoms with Crippen LogP contribution >= 0.6 is 0 Å². The Labute approximate surface area is 272 Å². The molecule has 0 N–H and O–H groups in total. The number of likely N-dealkylation sites (tertiary alicyclic amines) is 1. The van der Waals surface area contributed by atoms with Crippen LogP contribution in [0.5, 0.6) is 0 Å². The largest absolute Gasteiger partial charge is 0.444 e. The van der Waals surface area contributed by atoms with Gasteiger partial charge in [-0.2, -0.15) is 5.10 Å². The summed E-state index contributed by atoms with van der Waals surface area (Å²) in [6.45, 7) is 9.94. The van der Waals surface area contributed by atoms with E-state index in [1.54, 1.807) is 24.1 Å². The van der Waals surface area contributed by atoms with Gasteiger partial charge in [0.25, 0.3) is 6.43 Å². The fraction of sp³-hybridized carbons (Fsp3) is 0.486. The molecule has 10 nitrogen and oxygen atoms in total. The monoisotopic (exact) mass is 645 g/mol. The van der Waals surface area contributed by atoms with Crippen molar-refractivity contribution in [3.05, 3.63) is 65.2 Å². The Kier molecular flexibility index (Phi) is 7.92. The summed E-state index contributed by atoms with van der Waals surface area (Å²) in [6, 6.07) is 7.32. The molecule has 0 aliphatic carbocycles. The van der Waals surface area contributed by atoms with Gasteiger partial charge in [0.05, 0.1) is 12.6 Å². The number of aryl methyl sites for hydroxylation is 1. The number of rotatable bonds is 4. The number of anilines is 2. The highest BCUT2D eigenvalue weighted by Crippen LogP contribution is 2.44. The second-order valence-electron chi connectivity index (χ2n) is 13.8. The van der Waals surface area contributed by atoms with Crippen molar-refractivity contribution in [3.8, 4) is 11.1 Å². The minimum Gasteiger partial charge on any atom is -0.444 e. The fourth-order valence-electron chi connectivity index (χ4n) is 7.21. The van der Waals surface area contributed by atoms with Crippen molar-refractivity contribution >= 4 is 29.2 Å². The van der Waals surface area contributed by atoms with Gasteiger partial charge in [-0.15, -0.1) is 0 Å². The van der Waals surface area contributed by atoms with Gasteiger partial charge < -0.3 is 23.8 Å². The van der Waals surface area contributed by atoms with Crippen molar-refractivity contribution < 1.29 is 23.1 Å². The van der Waals surface area contributed by atoms with E-state index in [4.69, 9.17) is 9.84 Å². The van der Waals surface area contributed by atoms with E-state index in [1.807, 2.05) is 60.7 Å². The van der Waals surface area contributed by atoms with Gasteiger partial charge in [-0.05, 0) is 87.4 Å². The van der Waals surface area contributed by atoms with E-state index >= 15 is 0 Å². The van der Waals surface area contributed by atoms with Crippen molar-refractivity contribution in [1.82, 2.24) is 29.0 Å². The number of halogens is 2. The molecule has 2 amide bonds. The SMILES string of the molecule is CC(=O)N1CCc2c(c(N3CCCc4cc(-c5ccc6nccn6c5)c(C(F)F)cc43)nn2C2CCN(C(=O)OC(C)(C)C)CC2)C1. The molecule has 3 aliphatic heterocycles. The van der Waals surface area contributed by atoms with Crippen LogP contribution < -0.4 is 4.90 Å². The fourth-order valence-corrected chi connectivity index (χ4v) is 7.21. The number of amides is 2. The first kappa shape index (κ1) is 31.1. The predicted octanol–water partition coefficient (Wildman–Crippen LogP) is 6.70. The van der Waals surface area contributed by atoms with Crippen molar-refractivity contribution in [2.24, 2.45) is 0 Å². The molecule has 0 atom stereocenters. The number of fused-ring (bicyclic) bond motifs is 3. The number of hydrogen-bond acceptors (Lipinski definition) is 6. The molecule has 47 heavy (non-hydrogen) atoms. The number of nitrogens with zero attached hydrogens (tertiary/aromatic N) is 7. The zero-order chi connectivity index (χ0) is 33.0. The standard InChI is InChI=1S/C35H41F2N7O3/c1-22(45)41-16-11-29-28(21-41)33(39-44(29)25-9-14-40(15-10-25)34(46)47-35(2,3)4)43-13-5-6-23-18-26(27(32(36)37)19-30(23)43)24-7-8-31-38-12-17-42(31)20-24/h7-8,12,17-20,25,32H,5-6,9-11,13-16,21H2,1-4H3. The van der Waals surface area contributed by atoms with E-state index in [-0.39, 0.29) is 23.6 Å². The molecular formula is C35H41F2N7O3. The molecule has 1 saturated heterocycles. The normalized spacial score (nSPS) is 17.3. The van der Waals surface area contributed by atoms with Crippen molar-refractivity contribution in [2.45, 2.75) is 84.4 Å². The molecule has 12 heteroatoms. The molecule has 0 bridgehead atoms. The van der Waals surface area contributed by atoms with Gasteiger partial charge in [0, 0.05) is 80.6 Å². The summed E-state index contributed by atoms with van der Waals surface area (Å²) in [7, 11) is 0. The number of hydrogen-bond donors (Lipinski definition) is 0. The van der Waals surface area contributed by atoms with Crippen LogP contribution in [0.3, 0.4) is 0 Å². The van der Waals surface area contributed by atoms with Crippen molar-refractivity contribution in [1.29, 1.82) is 0 Å². The summed E-state index contributed by atoms with van der Waals surface area (Å²) in [4.78, 5) is 35.2. The first-order valence-corrected chi connectivity index (χ1v) is 16.5. The summed E-state index contributed by atoms with van der Waals surface area (Å²) in [5, 5.41) is 5.22. The van der Waals surface area contributed by atoms with E-state index in [9.17, 15) is 18.4 Å². The second-order valence-corrected chi connectivity index (χ2v) is 13.8. The van der Waals surface area contributed by atoms with Gasteiger partial charge in [0.1, 0.15) is 11.2 Å². The lowest BCUT2D eigenvalue weighted by Gasteiger charge is -2.34. The van der Waals surface area contributed by atoms with E-state index in [2.05, 4.69) is 14.6 Å². The van der Waals surface area contributed by atoms with Crippen LogP contribution in [-0.2, 0) is 28.9 Å². The molecule has 4 aromatic rings. The van der Waals surface area contributed by atoms with Gasteiger partial charge in [0.2, 0.25) is 5.91 Å². The number of piperidine rings is 1. The predicted molar refractivity (Wildman–Crippen MR) is 174 cm³/mol. The molecule has 7 rings (SSSR count). The summed E-state index contributed by atoms with van der Waals surface area (Å²) in [5.74, 6) is 0.729. The third-order valence-corrected chi connectivity index (χ3v) is 9.53. The zero-order valence-electron chi connectivity index (χ0n) is 27.4. The second kappa shape index (κ2) is 12.0. The Morgan fingerprint density at radius 1 is 1.02 bits per heavy atom. The molecule has 1 aromatic carbocycles. The Hall–Kier alpha value is -4.48. The number of benzene rings is 1. The van der Waals surface area contributed by atoms with Crippen LogP contribution in [-0.4, -0.2) is 72.7 Å². The molecule has 6 heterocycles. The molecule has 0 unspecified atom stereocenters. The maximum atomic E-state index is 14.8. The average molecular weight is 646 g/mol. The molecule has 0 saturated carbocycles. The van der Waals surface area contributed by atoms with Gasteiger partial charge >= 0.3 is 6.09 Å². The highest BCUT2D eigenvalue weighted by molar-refractivity contribution is 5.78. The Bertz CT molecular complexity index is 1830. The zero-order valence-corrected chi connectivity index (χ0v) is 27.4. The Morgan fingerprint density at radius 3 is 2.53 bits per heavy atom. The lowest BCUT2D eigenvalue weighted by molar-refractivity contribution is -0.129. The number of ether oxygens (including phenoxy) is 1. The van der Waals surface area contributed by atoms with Crippen molar-refractivity contribution in [3.63, 3.8) is 0 Å². The highest BCUT2D eigenvalue weighted by Gasteiger charge is 2.35. The molecule has 0 radical (unpaired) electrons. The number of pyridine rings is 1. The van der Waals surface area contributed by atoms with Gasteiger partial charge in [0.15, 0.2) is 5.82 Å². The van der Waals surface area contributed by atoms with Crippen molar-refractivity contribution in [2.75, 3.05) is 31.1 Å². The molecule has 3 aliphatic rings. The molecule has 3 aromatic heterocycles. The highest BCUT2D eigenvalue weighted by atomic mass is 19.3. The number of aromatic nitrogens is 4. The van der Waals surface area contributed by atoms with Gasteiger partial charge in [-0.3, -0.25) is 9.48 Å². The lowest BCUT2D eigenvalue weighted by atomic mass is 9.92. The summed E-state index contributed by atoms with van der Waals surface area (Å²) < 4.78 is 39.1. The van der Waals surface area contributed by atoms with Crippen LogP contribution in [0.1, 0.15) is 81.8 Å². The van der Waals surface area contributed by atoms with Crippen LogP contribution in [0.15, 0.2) is 42.9 Å². The lowest BCUT2D eigenvalue weighted by Crippen LogP contribution is -2.42. The number of carbonyl (C=O) groups excluding carboxylic acids is 2. The molecule has 0 spiro atoms. The summed E-state index contributed by atoms with van der Waals surface area (Å²) in [6.07, 6.45) is 6.08. The van der Waals surface area contributed by atoms with Crippen LogP contribution in [0.25, 0.3) is 16.8 Å². The maximum Gasteiger partial charge on any atom is 0.410 e. The Balaban J connectivity index is 1.25.